The number of nitrogens with zero attached hydrogens (tertiary/aromatic N) is 1. The maximum atomic E-state index is 12.5. The van der Waals surface area contributed by atoms with Gasteiger partial charge in [-0.2, -0.15) is 13.2 Å². The van der Waals surface area contributed by atoms with Crippen LogP contribution in [0.5, 0.6) is 5.75 Å². The molecule has 0 radical (unpaired) electrons. The number of oxazole rings is 1. The second-order valence-electron chi connectivity index (χ2n) is 6.72. The summed E-state index contributed by atoms with van der Waals surface area (Å²) in [4.78, 5) is 15.8. The van der Waals surface area contributed by atoms with E-state index in [0.29, 0.717) is 35.8 Å². The zero-order valence-corrected chi connectivity index (χ0v) is 17.0. The number of aryl methyl sites for hydroxylation is 1. The molecular weight excluding hydrogens is 413 g/mol. The minimum Gasteiger partial charge on any atom is -0.493 e. The quantitative estimate of drug-likeness (QED) is 0.401. The minimum atomic E-state index is -4.53. The molecule has 0 unspecified atom stereocenters. The first kappa shape index (κ1) is 22.2. The van der Waals surface area contributed by atoms with Crippen molar-refractivity contribution in [2.45, 2.75) is 26.1 Å². The Balaban J connectivity index is 1.63. The highest BCUT2D eigenvalue weighted by Gasteiger charge is 2.27. The number of methoxy groups -OCH3 is 1. The smallest absolute Gasteiger partial charge is 0.482 e. The number of hydrogen-bond acceptors (Lipinski definition) is 6. The molecule has 3 rings (SSSR count). The van der Waals surface area contributed by atoms with Crippen molar-refractivity contribution in [3.05, 3.63) is 65.5 Å². The van der Waals surface area contributed by atoms with Crippen molar-refractivity contribution in [1.29, 1.82) is 0 Å². The molecule has 1 aromatic heterocycles. The van der Waals surface area contributed by atoms with Gasteiger partial charge in [-0.05, 0) is 42.8 Å². The van der Waals surface area contributed by atoms with Gasteiger partial charge < -0.3 is 13.9 Å². The lowest BCUT2D eigenvalue weighted by Gasteiger charge is -2.10. The molecule has 0 amide bonds. The lowest BCUT2D eigenvalue weighted by Crippen LogP contribution is -2.20. The Kier molecular flexibility index (Phi) is 6.84. The number of anilines is 1. The number of benzene rings is 2. The molecule has 0 aliphatic heterocycles. The van der Waals surface area contributed by atoms with E-state index in [2.05, 4.69) is 9.72 Å². The predicted molar refractivity (Wildman–Crippen MR) is 108 cm³/mol. The van der Waals surface area contributed by atoms with Crippen LogP contribution < -0.4 is 10.1 Å². The van der Waals surface area contributed by atoms with Crippen molar-refractivity contribution in [3.63, 3.8) is 0 Å². The van der Waals surface area contributed by atoms with E-state index in [9.17, 15) is 18.0 Å². The number of hydrogen-bond donors (Lipinski definition) is 1. The lowest BCUT2D eigenvalue weighted by atomic mass is 10.1. The van der Waals surface area contributed by atoms with Gasteiger partial charge in [0.25, 0.3) is 0 Å². The van der Waals surface area contributed by atoms with E-state index < -0.39 is 6.30 Å². The maximum Gasteiger partial charge on any atom is 0.482 e. The Morgan fingerprint density at radius 3 is 2.68 bits per heavy atom. The van der Waals surface area contributed by atoms with Crippen LogP contribution in [0.15, 0.2) is 52.9 Å². The topological polar surface area (TPSA) is 73.6 Å². The Morgan fingerprint density at radius 2 is 1.94 bits per heavy atom. The fourth-order valence-electron chi connectivity index (χ4n) is 2.93. The van der Waals surface area contributed by atoms with Crippen LogP contribution in [0.1, 0.15) is 17.0 Å². The van der Waals surface area contributed by atoms with Crippen LogP contribution in [-0.4, -0.2) is 31.0 Å². The molecule has 0 atom stereocenters. The van der Waals surface area contributed by atoms with Crippen LogP contribution >= 0.6 is 0 Å². The van der Waals surface area contributed by atoms with Gasteiger partial charge in [0.1, 0.15) is 11.5 Å². The minimum absolute atomic E-state index is 0.0995. The van der Waals surface area contributed by atoms with E-state index in [-0.39, 0.29) is 24.0 Å². The largest absolute Gasteiger partial charge is 0.493 e. The molecule has 9 heteroatoms. The zero-order chi connectivity index (χ0) is 22.4. The van der Waals surface area contributed by atoms with Gasteiger partial charge in [0.15, 0.2) is 0 Å². The van der Waals surface area contributed by atoms with E-state index in [1.807, 2.05) is 0 Å². The van der Waals surface area contributed by atoms with Gasteiger partial charge in [0.05, 0.1) is 25.8 Å². The van der Waals surface area contributed by atoms with Crippen LogP contribution in [0.25, 0.3) is 11.5 Å². The normalized spacial score (nSPS) is 11.3. The number of carbonyl (C=O) groups excluding carboxylic acids is 1. The first-order chi connectivity index (χ1) is 14.7. The van der Waals surface area contributed by atoms with Gasteiger partial charge in [-0.3, -0.25) is 10.1 Å². The summed E-state index contributed by atoms with van der Waals surface area (Å²) in [5.41, 5.74) is 1.75. The Bertz CT molecular complexity index is 1050. The lowest BCUT2D eigenvalue weighted by molar-refractivity contribution is -0.139. The number of carbonyl (C=O) groups is 1. The number of esters is 1. The average Bonchev–Trinajstić information content (AvgIpc) is 3.08. The van der Waals surface area contributed by atoms with E-state index in [0.717, 1.165) is 5.56 Å². The van der Waals surface area contributed by atoms with E-state index >= 15 is 0 Å². The van der Waals surface area contributed by atoms with Crippen molar-refractivity contribution >= 4 is 11.7 Å². The molecule has 0 bridgehead atoms. The molecule has 0 saturated carbocycles. The van der Waals surface area contributed by atoms with Crippen molar-refractivity contribution in [3.8, 4) is 17.2 Å². The van der Waals surface area contributed by atoms with Crippen LogP contribution in [-0.2, 0) is 22.4 Å². The van der Waals surface area contributed by atoms with E-state index in [1.165, 1.54) is 30.6 Å². The standard InChI is InChI=1S/C22H21F3N2O4/c1-14-19(9-10-30-18-8-3-5-15(11-18)12-20(28)29-2)26-21(31-14)16-6-4-7-17(13-16)27-22(23,24)25/h3-8,11,13,27H,9-10,12H2,1-2H3. The SMILES string of the molecule is COC(=O)Cc1cccc(OCCc2nc(-c3cccc(NC(F)(F)F)c3)oc2C)c1. The average molecular weight is 434 g/mol. The molecule has 1 heterocycles. The van der Waals surface area contributed by atoms with Crippen molar-refractivity contribution in [2.24, 2.45) is 0 Å². The number of nitrogens with one attached hydrogen (secondary N) is 1. The summed E-state index contributed by atoms with van der Waals surface area (Å²) >= 11 is 0. The van der Waals surface area contributed by atoms with Gasteiger partial charge in [0, 0.05) is 17.7 Å². The summed E-state index contributed by atoms with van der Waals surface area (Å²) in [5, 5.41) is 1.47. The third-order valence-electron chi connectivity index (χ3n) is 4.37. The van der Waals surface area contributed by atoms with Gasteiger partial charge in [-0.15, -0.1) is 0 Å². The van der Waals surface area contributed by atoms with Crippen LogP contribution in [0.3, 0.4) is 0 Å². The summed E-state index contributed by atoms with van der Waals surface area (Å²) < 4.78 is 53.7. The fraction of sp³-hybridized carbons (Fsp3) is 0.273. The number of rotatable bonds is 8. The van der Waals surface area contributed by atoms with Gasteiger partial charge in [-0.1, -0.05) is 18.2 Å². The molecule has 6 nitrogen and oxygen atoms in total. The van der Waals surface area contributed by atoms with Gasteiger partial charge in [-0.25, -0.2) is 4.98 Å². The molecule has 0 saturated heterocycles. The predicted octanol–water partition coefficient (Wildman–Crippen LogP) is 4.92. The van der Waals surface area contributed by atoms with Crippen molar-refractivity contribution in [1.82, 2.24) is 4.98 Å². The summed E-state index contributed by atoms with van der Waals surface area (Å²) in [6, 6.07) is 12.9. The second kappa shape index (κ2) is 9.55. The highest BCUT2D eigenvalue weighted by Crippen LogP contribution is 2.27. The molecule has 164 valence electrons. The third kappa shape index (κ3) is 6.50. The molecule has 3 aromatic rings. The van der Waals surface area contributed by atoms with E-state index in [4.69, 9.17) is 9.15 Å². The molecular formula is C22H21F3N2O4. The molecule has 0 fully saturated rings. The Labute approximate surface area is 177 Å². The highest BCUT2D eigenvalue weighted by molar-refractivity contribution is 5.72. The zero-order valence-electron chi connectivity index (χ0n) is 17.0. The summed E-state index contributed by atoms with van der Waals surface area (Å²) in [7, 11) is 1.33. The fourth-order valence-corrected chi connectivity index (χ4v) is 2.93. The van der Waals surface area contributed by atoms with Crippen LogP contribution in [0, 0.1) is 6.92 Å². The molecule has 0 aliphatic carbocycles. The molecule has 0 spiro atoms. The Morgan fingerprint density at radius 1 is 1.16 bits per heavy atom. The molecule has 0 aliphatic rings. The van der Waals surface area contributed by atoms with Gasteiger partial charge in [0.2, 0.25) is 5.89 Å². The monoisotopic (exact) mass is 434 g/mol. The van der Waals surface area contributed by atoms with Crippen LogP contribution in [0.4, 0.5) is 18.9 Å². The van der Waals surface area contributed by atoms with Crippen molar-refractivity contribution in [2.75, 3.05) is 19.0 Å². The number of ether oxygens (including phenoxy) is 2. The molecule has 1 N–H and O–H groups in total. The third-order valence-corrected chi connectivity index (χ3v) is 4.37. The summed E-state index contributed by atoms with van der Waals surface area (Å²) in [5.74, 6) is 1.07. The molecule has 31 heavy (non-hydrogen) atoms. The molecule has 2 aromatic carbocycles. The summed E-state index contributed by atoms with van der Waals surface area (Å²) in [6.45, 7) is 2.05. The van der Waals surface area contributed by atoms with E-state index in [1.54, 1.807) is 37.3 Å². The summed E-state index contributed by atoms with van der Waals surface area (Å²) in [6.07, 6.45) is -3.93. The highest BCUT2D eigenvalue weighted by atomic mass is 19.4. The van der Waals surface area contributed by atoms with Crippen LogP contribution in [0.2, 0.25) is 0 Å². The number of alkyl halides is 3. The number of halogens is 3. The second-order valence-corrected chi connectivity index (χ2v) is 6.72. The van der Waals surface area contributed by atoms with Gasteiger partial charge >= 0.3 is 12.3 Å². The first-order valence-corrected chi connectivity index (χ1v) is 9.44. The number of aromatic nitrogens is 1. The maximum absolute atomic E-state index is 12.5. The Hall–Kier alpha value is -3.49. The first-order valence-electron chi connectivity index (χ1n) is 9.44. The van der Waals surface area contributed by atoms with Crippen molar-refractivity contribution < 1.29 is 31.9 Å².